The largest absolute Gasteiger partial charge is 0.348 e. The second kappa shape index (κ2) is 6.69. The Hall–Kier alpha value is -2.55. The second-order valence-electron chi connectivity index (χ2n) is 4.95. The van der Waals surface area contributed by atoms with E-state index in [2.05, 4.69) is 56.7 Å². The lowest BCUT2D eigenvalue weighted by Gasteiger charge is -2.08. The van der Waals surface area contributed by atoms with Crippen LogP contribution in [0.25, 0.3) is 0 Å². The molecule has 3 rings (SSSR count). The van der Waals surface area contributed by atoms with E-state index >= 15 is 0 Å². The van der Waals surface area contributed by atoms with Crippen LogP contribution in [0.15, 0.2) is 29.1 Å². The minimum atomic E-state index is 0.491. The number of rotatable bonds is 5. The molecule has 3 N–H and O–H groups in total. The molecule has 0 amide bonds. The molecule has 0 fully saturated rings. The molecule has 0 saturated carbocycles. The van der Waals surface area contributed by atoms with E-state index < -0.39 is 0 Å². The number of anilines is 3. The molecule has 118 valence electrons. The molecule has 0 aliphatic rings. The molecule has 0 bridgehead atoms. The summed E-state index contributed by atoms with van der Waals surface area (Å²) < 4.78 is 0.749. The van der Waals surface area contributed by atoms with Gasteiger partial charge in [0.15, 0.2) is 11.6 Å². The van der Waals surface area contributed by atoms with Gasteiger partial charge in [-0.3, -0.25) is 15.1 Å². The maximum Gasteiger partial charge on any atom is 0.225 e. The molecule has 8 nitrogen and oxygen atoms in total. The lowest BCUT2D eigenvalue weighted by Crippen LogP contribution is -2.07. The van der Waals surface area contributed by atoms with E-state index in [9.17, 15) is 0 Å². The molecule has 0 atom stereocenters. The Morgan fingerprint density at radius 2 is 2.00 bits per heavy atom. The van der Waals surface area contributed by atoms with Crippen LogP contribution in [0.2, 0.25) is 0 Å². The molecule has 0 aliphatic heterocycles. The first kappa shape index (κ1) is 15.3. The van der Waals surface area contributed by atoms with Gasteiger partial charge in [-0.2, -0.15) is 10.1 Å². The van der Waals surface area contributed by atoms with E-state index in [1.807, 2.05) is 19.9 Å². The van der Waals surface area contributed by atoms with Crippen molar-refractivity contribution in [1.29, 1.82) is 0 Å². The van der Waals surface area contributed by atoms with Crippen molar-refractivity contribution < 1.29 is 0 Å². The molecule has 23 heavy (non-hydrogen) atoms. The summed E-state index contributed by atoms with van der Waals surface area (Å²) in [5.74, 6) is 1.81. The fraction of sp³-hybridized carbons (Fsp3) is 0.214. The fourth-order valence-corrected chi connectivity index (χ4v) is 2.11. The Kier molecular flexibility index (Phi) is 4.47. The number of hydrogen-bond donors (Lipinski definition) is 3. The zero-order chi connectivity index (χ0) is 16.2. The Labute approximate surface area is 141 Å². The summed E-state index contributed by atoms with van der Waals surface area (Å²) in [7, 11) is 0. The van der Waals surface area contributed by atoms with Crippen LogP contribution in [0.4, 0.5) is 17.6 Å². The predicted octanol–water partition coefficient (Wildman–Crippen LogP) is 2.72. The predicted molar refractivity (Wildman–Crippen MR) is 90.4 cm³/mol. The van der Waals surface area contributed by atoms with Crippen molar-refractivity contribution in [3.8, 4) is 0 Å². The zero-order valence-corrected chi connectivity index (χ0v) is 14.2. The SMILES string of the molecule is Cc1cnc(CNc2ncc(Br)c(Nc3cc(C)[nH]n3)n2)cn1. The van der Waals surface area contributed by atoms with Gasteiger partial charge in [-0.1, -0.05) is 0 Å². The first-order chi connectivity index (χ1) is 11.1. The summed E-state index contributed by atoms with van der Waals surface area (Å²) in [6, 6.07) is 1.89. The Balaban J connectivity index is 1.70. The van der Waals surface area contributed by atoms with Crippen molar-refractivity contribution in [2.45, 2.75) is 20.4 Å². The van der Waals surface area contributed by atoms with Crippen LogP contribution >= 0.6 is 15.9 Å². The average molecular weight is 375 g/mol. The maximum atomic E-state index is 4.43. The van der Waals surface area contributed by atoms with Crippen LogP contribution in [0, 0.1) is 13.8 Å². The molecular formula is C14H15BrN8. The van der Waals surface area contributed by atoms with E-state index in [1.165, 1.54) is 0 Å². The molecule has 3 heterocycles. The van der Waals surface area contributed by atoms with Crippen LogP contribution in [0.3, 0.4) is 0 Å². The topological polar surface area (TPSA) is 104 Å². The number of H-pyrrole nitrogens is 1. The summed E-state index contributed by atoms with van der Waals surface area (Å²) in [6.07, 6.45) is 5.14. The van der Waals surface area contributed by atoms with Crippen molar-refractivity contribution in [3.05, 3.63) is 46.2 Å². The molecule has 9 heteroatoms. The molecular weight excluding hydrogens is 360 g/mol. The summed E-state index contributed by atoms with van der Waals surface area (Å²) in [5, 5.41) is 13.3. The maximum absolute atomic E-state index is 4.43. The lowest BCUT2D eigenvalue weighted by molar-refractivity contribution is 0.961. The lowest BCUT2D eigenvalue weighted by atomic mass is 10.4. The summed E-state index contributed by atoms with van der Waals surface area (Å²) in [4.78, 5) is 17.2. The van der Waals surface area contributed by atoms with Gasteiger partial charge in [0.25, 0.3) is 0 Å². The Morgan fingerprint density at radius 1 is 1.13 bits per heavy atom. The smallest absolute Gasteiger partial charge is 0.225 e. The fourth-order valence-electron chi connectivity index (χ4n) is 1.82. The Morgan fingerprint density at radius 3 is 2.70 bits per heavy atom. The van der Waals surface area contributed by atoms with E-state index in [1.54, 1.807) is 18.6 Å². The second-order valence-corrected chi connectivity index (χ2v) is 5.81. The van der Waals surface area contributed by atoms with E-state index in [4.69, 9.17) is 0 Å². The molecule has 0 unspecified atom stereocenters. The van der Waals surface area contributed by atoms with Gasteiger partial charge < -0.3 is 10.6 Å². The zero-order valence-electron chi connectivity index (χ0n) is 12.6. The minimum Gasteiger partial charge on any atom is -0.348 e. The summed E-state index contributed by atoms with van der Waals surface area (Å²) in [6.45, 7) is 4.33. The van der Waals surface area contributed by atoms with Crippen molar-refractivity contribution in [2.24, 2.45) is 0 Å². The van der Waals surface area contributed by atoms with Crippen molar-refractivity contribution in [2.75, 3.05) is 10.6 Å². The van der Waals surface area contributed by atoms with Gasteiger partial charge in [0.05, 0.1) is 28.6 Å². The number of aromatic amines is 1. The molecule has 0 saturated heterocycles. The summed E-state index contributed by atoms with van der Waals surface area (Å²) >= 11 is 3.42. The van der Waals surface area contributed by atoms with E-state index in [-0.39, 0.29) is 0 Å². The van der Waals surface area contributed by atoms with E-state index in [0.29, 0.717) is 24.1 Å². The number of halogens is 1. The molecule has 0 aliphatic carbocycles. The molecule has 0 radical (unpaired) electrons. The van der Waals surface area contributed by atoms with Crippen molar-refractivity contribution in [1.82, 2.24) is 30.1 Å². The quantitative estimate of drug-likeness (QED) is 0.630. The highest BCUT2D eigenvalue weighted by atomic mass is 79.9. The van der Waals surface area contributed by atoms with Gasteiger partial charge in [0, 0.05) is 24.2 Å². The van der Waals surface area contributed by atoms with E-state index in [0.717, 1.165) is 21.6 Å². The van der Waals surface area contributed by atoms with Crippen LogP contribution in [0.5, 0.6) is 0 Å². The third-order valence-electron chi connectivity index (χ3n) is 2.96. The summed E-state index contributed by atoms with van der Waals surface area (Å²) in [5.41, 5.74) is 2.67. The molecule has 3 aromatic rings. The third-order valence-corrected chi connectivity index (χ3v) is 3.54. The number of hydrogen-bond acceptors (Lipinski definition) is 7. The van der Waals surface area contributed by atoms with Gasteiger partial charge in [0.2, 0.25) is 5.95 Å². The van der Waals surface area contributed by atoms with Gasteiger partial charge in [-0.05, 0) is 29.8 Å². The van der Waals surface area contributed by atoms with Crippen LogP contribution < -0.4 is 10.6 Å². The first-order valence-corrected chi connectivity index (χ1v) is 7.72. The van der Waals surface area contributed by atoms with Gasteiger partial charge in [-0.15, -0.1) is 0 Å². The standard InChI is InChI=1S/C14H15BrN8/c1-8-3-12(23-22-8)20-13-11(15)7-19-14(21-13)18-6-10-5-16-9(2)4-17-10/h3-5,7H,6H2,1-2H3,(H3,18,19,20,21,22,23). The van der Waals surface area contributed by atoms with Gasteiger partial charge in [-0.25, -0.2) is 4.98 Å². The Bertz CT molecular complexity index is 799. The third kappa shape index (κ3) is 4.01. The average Bonchev–Trinajstić information content (AvgIpc) is 2.95. The molecule has 0 spiro atoms. The molecule has 3 aromatic heterocycles. The molecule has 0 aromatic carbocycles. The highest BCUT2D eigenvalue weighted by Crippen LogP contribution is 2.23. The van der Waals surface area contributed by atoms with Crippen molar-refractivity contribution >= 4 is 33.5 Å². The number of aryl methyl sites for hydroxylation is 2. The number of aromatic nitrogens is 6. The minimum absolute atomic E-state index is 0.491. The van der Waals surface area contributed by atoms with Gasteiger partial charge >= 0.3 is 0 Å². The van der Waals surface area contributed by atoms with Crippen LogP contribution in [-0.4, -0.2) is 30.1 Å². The number of nitrogens with zero attached hydrogens (tertiary/aromatic N) is 5. The highest BCUT2D eigenvalue weighted by Gasteiger charge is 2.07. The first-order valence-electron chi connectivity index (χ1n) is 6.93. The number of nitrogens with one attached hydrogen (secondary N) is 3. The van der Waals surface area contributed by atoms with Gasteiger partial charge in [0.1, 0.15) is 0 Å². The normalized spacial score (nSPS) is 10.6. The van der Waals surface area contributed by atoms with Crippen LogP contribution in [0.1, 0.15) is 17.1 Å². The monoisotopic (exact) mass is 374 g/mol. The highest BCUT2D eigenvalue weighted by molar-refractivity contribution is 9.10. The van der Waals surface area contributed by atoms with Crippen LogP contribution in [-0.2, 0) is 6.54 Å². The van der Waals surface area contributed by atoms with Crippen molar-refractivity contribution in [3.63, 3.8) is 0 Å².